The molecule has 12 heavy (non-hydrogen) atoms. The van der Waals surface area contributed by atoms with Gasteiger partial charge >= 0.3 is 0 Å². The Kier molecular flexibility index (Phi) is 2.08. The Morgan fingerprint density at radius 3 is 3.25 bits per heavy atom. The molecule has 1 fully saturated rings. The molecule has 1 saturated heterocycles. The molecule has 1 aliphatic rings. The molecule has 1 aromatic rings. The minimum Gasteiger partial charge on any atom is -0.316 e. The van der Waals surface area contributed by atoms with Crippen molar-refractivity contribution < 1.29 is 4.39 Å². The van der Waals surface area contributed by atoms with Gasteiger partial charge in [0.25, 0.3) is 0 Å². The van der Waals surface area contributed by atoms with Crippen LogP contribution in [-0.2, 0) is 6.54 Å². The lowest BCUT2D eigenvalue weighted by molar-refractivity contribution is 0.447. The molecule has 1 aliphatic heterocycles. The van der Waals surface area contributed by atoms with Gasteiger partial charge in [-0.2, -0.15) is 5.10 Å². The minimum atomic E-state index is -0.249. The first-order valence-corrected chi connectivity index (χ1v) is 4.23. The second kappa shape index (κ2) is 3.23. The van der Waals surface area contributed by atoms with E-state index in [0.717, 1.165) is 19.6 Å². The lowest BCUT2D eigenvalue weighted by Crippen LogP contribution is -2.14. The third-order valence-corrected chi connectivity index (χ3v) is 2.21. The van der Waals surface area contributed by atoms with E-state index in [2.05, 4.69) is 10.4 Å². The van der Waals surface area contributed by atoms with Crippen LogP contribution in [0.5, 0.6) is 0 Å². The van der Waals surface area contributed by atoms with Crippen LogP contribution in [0.1, 0.15) is 6.42 Å². The van der Waals surface area contributed by atoms with Crippen molar-refractivity contribution >= 4 is 0 Å². The van der Waals surface area contributed by atoms with E-state index >= 15 is 0 Å². The van der Waals surface area contributed by atoms with Crippen molar-refractivity contribution in [1.29, 1.82) is 0 Å². The summed E-state index contributed by atoms with van der Waals surface area (Å²) in [5.74, 6) is 0.366. The number of nitrogens with zero attached hydrogens (tertiary/aromatic N) is 2. The first kappa shape index (κ1) is 7.73. The molecule has 0 amide bonds. The molecular weight excluding hydrogens is 157 g/mol. The molecule has 0 saturated carbocycles. The van der Waals surface area contributed by atoms with Gasteiger partial charge in [-0.15, -0.1) is 0 Å². The summed E-state index contributed by atoms with van der Waals surface area (Å²) in [5.41, 5.74) is 0. The van der Waals surface area contributed by atoms with E-state index in [1.165, 1.54) is 18.8 Å². The molecule has 1 aromatic heterocycles. The third-order valence-electron chi connectivity index (χ3n) is 2.21. The molecule has 2 heterocycles. The summed E-state index contributed by atoms with van der Waals surface area (Å²) in [5, 5.41) is 7.16. The van der Waals surface area contributed by atoms with E-state index in [9.17, 15) is 4.39 Å². The van der Waals surface area contributed by atoms with Crippen LogP contribution >= 0.6 is 0 Å². The normalized spacial score (nSPS) is 23.2. The van der Waals surface area contributed by atoms with Gasteiger partial charge in [0.2, 0.25) is 0 Å². The molecule has 1 N–H and O–H groups in total. The van der Waals surface area contributed by atoms with Gasteiger partial charge in [-0.3, -0.25) is 4.68 Å². The Morgan fingerprint density at radius 2 is 2.67 bits per heavy atom. The largest absolute Gasteiger partial charge is 0.316 e. The highest BCUT2D eigenvalue weighted by atomic mass is 19.1. The van der Waals surface area contributed by atoms with Crippen molar-refractivity contribution in [2.45, 2.75) is 13.0 Å². The zero-order valence-corrected chi connectivity index (χ0v) is 6.83. The molecule has 3 nitrogen and oxygen atoms in total. The van der Waals surface area contributed by atoms with Crippen LogP contribution in [0.4, 0.5) is 4.39 Å². The van der Waals surface area contributed by atoms with E-state index < -0.39 is 0 Å². The lowest BCUT2D eigenvalue weighted by Gasteiger charge is -2.06. The molecule has 0 aromatic carbocycles. The molecule has 0 spiro atoms. The molecule has 1 atom stereocenters. The van der Waals surface area contributed by atoms with Crippen molar-refractivity contribution in [1.82, 2.24) is 15.1 Å². The van der Waals surface area contributed by atoms with Crippen molar-refractivity contribution in [3.63, 3.8) is 0 Å². The first-order valence-electron chi connectivity index (χ1n) is 4.23. The van der Waals surface area contributed by atoms with Crippen LogP contribution in [0.15, 0.2) is 12.4 Å². The first-order chi connectivity index (χ1) is 5.84. The average Bonchev–Trinajstić information content (AvgIpc) is 2.63. The molecule has 0 aliphatic carbocycles. The summed E-state index contributed by atoms with van der Waals surface area (Å²) < 4.78 is 14.2. The summed E-state index contributed by atoms with van der Waals surface area (Å²) in [7, 11) is 0. The molecule has 0 bridgehead atoms. The fourth-order valence-electron chi connectivity index (χ4n) is 1.57. The SMILES string of the molecule is Fc1cnn(C[C@H]2CCNC2)c1. The van der Waals surface area contributed by atoms with Gasteiger partial charge in [-0.1, -0.05) is 0 Å². The Bertz CT molecular complexity index is 253. The highest BCUT2D eigenvalue weighted by Crippen LogP contribution is 2.09. The van der Waals surface area contributed by atoms with Crippen LogP contribution in [0.2, 0.25) is 0 Å². The Balaban J connectivity index is 1.94. The summed E-state index contributed by atoms with van der Waals surface area (Å²) >= 11 is 0. The minimum absolute atomic E-state index is 0.249. The number of halogens is 1. The zero-order chi connectivity index (χ0) is 8.39. The van der Waals surface area contributed by atoms with Gasteiger partial charge in [0.15, 0.2) is 5.82 Å². The van der Waals surface area contributed by atoms with Gasteiger partial charge < -0.3 is 5.32 Å². The van der Waals surface area contributed by atoms with E-state index in [-0.39, 0.29) is 5.82 Å². The maximum absolute atomic E-state index is 12.5. The summed E-state index contributed by atoms with van der Waals surface area (Å²) in [6.07, 6.45) is 3.86. The number of hydrogen-bond donors (Lipinski definition) is 1. The summed E-state index contributed by atoms with van der Waals surface area (Å²) in [6.45, 7) is 2.94. The summed E-state index contributed by atoms with van der Waals surface area (Å²) in [6, 6.07) is 0. The highest BCUT2D eigenvalue weighted by Gasteiger charge is 2.14. The van der Waals surface area contributed by atoms with E-state index in [1.54, 1.807) is 4.68 Å². The Hall–Kier alpha value is -0.900. The van der Waals surface area contributed by atoms with E-state index in [0.29, 0.717) is 5.92 Å². The Morgan fingerprint density at radius 1 is 1.75 bits per heavy atom. The van der Waals surface area contributed by atoms with Crippen molar-refractivity contribution in [3.8, 4) is 0 Å². The average molecular weight is 169 g/mol. The fraction of sp³-hybridized carbons (Fsp3) is 0.625. The van der Waals surface area contributed by atoms with Crippen LogP contribution < -0.4 is 5.32 Å². The van der Waals surface area contributed by atoms with Gasteiger partial charge in [0.05, 0.1) is 12.4 Å². The van der Waals surface area contributed by atoms with Gasteiger partial charge in [-0.05, 0) is 25.4 Å². The smallest absolute Gasteiger partial charge is 0.161 e. The Labute approximate surface area is 70.6 Å². The highest BCUT2D eigenvalue weighted by molar-refractivity contribution is 4.84. The standard InChI is InChI=1S/C8H12FN3/c9-8-4-11-12(6-8)5-7-1-2-10-3-7/h4,6-7,10H,1-3,5H2/t7-/m0/s1. The van der Waals surface area contributed by atoms with Crippen LogP contribution in [-0.4, -0.2) is 22.9 Å². The number of hydrogen-bond acceptors (Lipinski definition) is 2. The quantitative estimate of drug-likeness (QED) is 0.703. The van der Waals surface area contributed by atoms with Crippen molar-refractivity contribution in [2.75, 3.05) is 13.1 Å². The molecule has 0 unspecified atom stereocenters. The number of nitrogens with one attached hydrogen (secondary N) is 1. The maximum atomic E-state index is 12.5. The van der Waals surface area contributed by atoms with Crippen molar-refractivity contribution in [3.05, 3.63) is 18.2 Å². The van der Waals surface area contributed by atoms with Gasteiger partial charge in [0.1, 0.15) is 0 Å². The molecule has 2 rings (SSSR count). The third kappa shape index (κ3) is 1.64. The summed E-state index contributed by atoms with van der Waals surface area (Å²) in [4.78, 5) is 0. The van der Waals surface area contributed by atoms with Gasteiger partial charge in [0, 0.05) is 6.54 Å². The van der Waals surface area contributed by atoms with Crippen molar-refractivity contribution in [2.24, 2.45) is 5.92 Å². The number of rotatable bonds is 2. The lowest BCUT2D eigenvalue weighted by atomic mass is 10.1. The number of aromatic nitrogens is 2. The van der Waals surface area contributed by atoms with Crippen LogP contribution in [0, 0.1) is 11.7 Å². The zero-order valence-electron chi connectivity index (χ0n) is 6.83. The molecule has 0 radical (unpaired) electrons. The predicted molar refractivity (Wildman–Crippen MR) is 43.2 cm³/mol. The topological polar surface area (TPSA) is 29.9 Å². The molecular formula is C8H12FN3. The molecule has 66 valence electrons. The van der Waals surface area contributed by atoms with E-state index in [4.69, 9.17) is 0 Å². The monoisotopic (exact) mass is 169 g/mol. The predicted octanol–water partition coefficient (Wildman–Crippen LogP) is 0.632. The van der Waals surface area contributed by atoms with E-state index in [1.807, 2.05) is 0 Å². The van der Waals surface area contributed by atoms with Crippen LogP contribution in [0.25, 0.3) is 0 Å². The second-order valence-corrected chi connectivity index (χ2v) is 3.24. The fourth-order valence-corrected chi connectivity index (χ4v) is 1.57. The maximum Gasteiger partial charge on any atom is 0.161 e. The second-order valence-electron chi connectivity index (χ2n) is 3.24. The van der Waals surface area contributed by atoms with Crippen LogP contribution in [0.3, 0.4) is 0 Å². The molecule has 4 heteroatoms. The van der Waals surface area contributed by atoms with Gasteiger partial charge in [-0.25, -0.2) is 4.39 Å².